The van der Waals surface area contributed by atoms with E-state index in [1.54, 1.807) is 0 Å². The van der Waals surface area contributed by atoms with Crippen LogP contribution < -0.4 is 14.8 Å². The van der Waals surface area contributed by atoms with Crippen molar-refractivity contribution in [2.24, 2.45) is 0 Å². The normalized spacial score (nSPS) is 12.6. The van der Waals surface area contributed by atoms with Crippen molar-refractivity contribution in [3.8, 4) is 11.5 Å². The van der Waals surface area contributed by atoms with E-state index in [9.17, 15) is 4.79 Å². The zero-order chi connectivity index (χ0) is 17.3. The molecule has 1 aliphatic heterocycles. The van der Waals surface area contributed by atoms with Crippen LogP contribution in [-0.2, 0) is 17.0 Å². The van der Waals surface area contributed by atoms with Gasteiger partial charge in [-0.25, -0.2) is 0 Å². The summed E-state index contributed by atoms with van der Waals surface area (Å²) >= 11 is 1.83. The van der Waals surface area contributed by atoms with Crippen LogP contribution in [0.1, 0.15) is 17.5 Å². The van der Waals surface area contributed by atoms with Gasteiger partial charge < -0.3 is 14.8 Å². The monoisotopic (exact) mass is 357 g/mol. The third kappa shape index (κ3) is 5.71. The lowest BCUT2D eigenvalue weighted by molar-refractivity contribution is -0.120. The molecule has 5 heteroatoms. The molecule has 0 aliphatic carbocycles. The molecule has 2 aromatic rings. The maximum atomic E-state index is 12.0. The Kier molecular flexibility index (Phi) is 6.63. The van der Waals surface area contributed by atoms with Crippen LogP contribution in [0, 0.1) is 0 Å². The van der Waals surface area contributed by atoms with Gasteiger partial charge in [-0.15, -0.1) is 0 Å². The predicted octanol–water partition coefficient (Wildman–Crippen LogP) is 3.44. The van der Waals surface area contributed by atoms with E-state index >= 15 is 0 Å². The topological polar surface area (TPSA) is 47.6 Å². The molecule has 3 rings (SSSR count). The first kappa shape index (κ1) is 17.7. The minimum absolute atomic E-state index is 0.0928. The number of carbonyl (C=O) groups is 1. The number of nitrogens with one attached hydrogen (secondary N) is 1. The summed E-state index contributed by atoms with van der Waals surface area (Å²) < 4.78 is 11.1. The Bertz CT molecular complexity index is 691. The van der Waals surface area contributed by atoms with Gasteiger partial charge in [-0.2, -0.15) is 11.8 Å². The summed E-state index contributed by atoms with van der Waals surface area (Å²) in [6.07, 6.45) is 1.20. The van der Waals surface area contributed by atoms with Gasteiger partial charge in [0.05, 0.1) is 0 Å². The summed E-state index contributed by atoms with van der Waals surface area (Å²) in [5, 5.41) is 2.99. The highest BCUT2D eigenvalue weighted by Crippen LogP contribution is 2.31. The van der Waals surface area contributed by atoms with Crippen molar-refractivity contribution in [1.29, 1.82) is 0 Å². The predicted molar refractivity (Wildman–Crippen MR) is 101 cm³/mol. The van der Waals surface area contributed by atoms with E-state index in [0.717, 1.165) is 28.6 Å². The van der Waals surface area contributed by atoms with Crippen molar-refractivity contribution in [3.05, 3.63) is 59.7 Å². The Balaban J connectivity index is 1.31. The molecule has 1 heterocycles. The first-order valence-corrected chi connectivity index (χ1v) is 9.73. The van der Waals surface area contributed by atoms with Crippen molar-refractivity contribution in [3.63, 3.8) is 0 Å². The van der Waals surface area contributed by atoms with Crippen LogP contribution in [0.15, 0.2) is 48.5 Å². The number of carbonyl (C=O) groups excluding carboxylic acids is 1. The van der Waals surface area contributed by atoms with Gasteiger partial charge in [0.1, 0.15) is 13.2 Å². The van der Waals surface area contributed by atoms with Gasteiger partial charge in [0.15, 0.2) is 11.5 Å². The maximum Gasteiger partial charge on any atom is 0.220 e. The van der Waals surface area contributed by atoms with Crippen LogP contribution in [0.3, 0.4) is 0 Å². The molecule has 0 unspecified atom stereocenters. The van der Waals surface area contributed by atoms with Gasteiger partial charge >= 0.3 is 0 Å². The molecule has 4 nitrogen and oxygen atoms in total. The Labute approximate surface area is 152 Å². The van der Waals surface area contributed by atoms with Crippen LogP contribution in [0.2, 0.25) is 0 Å². The number of benzene rings is 2. The quantitative estimate of drug-likeness (QED) is 0.735. The summed E-state index contributed by atoms with van der Waals surface area (Å²) in [5.74, 6) is 3.56. The van der Waals surface area contributed by atoms with Crippen molar-refractivity contribution < 1.29 is 14.3 Å². The summed E-state index contributed by atoms with van der Waals surface area (Å²) in [5.41, 5.74) is 2.41. The minimum atomic E-state index is 0.0928. The van der Waals surface area contributed by atoms with Crippen LogP contribution >= 0.6 is 11.8 Å². The Morgan fingerprint density at radius 1 is 1.00 bits per heavy atom. The number of thioether (sulfide) groups is 1. The van der Waals surface area contributed by atoms with Crippen LogP contribution in [0.4, 0.5) is 0 Å². The first-order chi connectivity index (χ1) is 12.3. The average molecular weight is 357 g/mol. The van der Waals surface area contributed by atoms with E-state index in [0.29, 0.717) is 32.6 Å². The summed E-state index contributed by atoms with van der Waals surface area (Å²) in [4.78, 5) is 12.0. The third-order valence-electron chi connectivity index (χ3n) is 3.93. The molecule has 1 amide bonds. The highest BCUT2D eigenvalue weighted by atomic mass is 32.2. The Hall–Kier alpha value is -2.14. The first-order valence-electron chi connectivity index (χ1n) is 8.58. The fourth-order valence-corrected chi connectivity index (χ4v) is 3.44. The van der Waals surface area contributed by atoms with Crippen LogP contribution in [0.5, 0.6) is 11.5 Å². The summed E-state index contributed by atoms with van der Waals surface area (Å²) in [6.45, 7) is 1.88. The molecule has 1 aliphatic rings. The molecular weight excluding hydrogens is 334 g/mol. The fourth-order valence-electron chi connectivity index (χ4n) is 2.62. The van der Waals surface area contributed by atoms with Gasteiger partial charge in [0.25, 0.3) is 0 Å². The minimum Gasteiger partial charge on any atom is -0.486 e. The second kappa shape index (κ2) is 9.37. The third-order valence-corrected chi connectivity index (χ3v) is 4.96. The molecule has 1 N–H and O–H groups in total. The van der Waals surface area contributed by atoms with Gasteiger partial charge in [0.2, 0.25) is 5.91 Å². The molecule has 0 radical (unpaired) electrons. The zero-order valence-electron chi connectivity index (χ0n) is 14.2. The smallest absolute Gasteiger partial charge is 0.220 e. The van der Waals surface area contributed by atoms with E-state index in [1.165, 1.54) is 5.56 Å². The van der Waals surface area contributed by atoms with E-state index in [1.807, 2.05) is 36.0 Å². The van der Waals surface area contributed by atoms with Crippen LogP contribution in [-0.4, -0.2) is 31.4 Å². The molecule has 132 valence electrons. The average Bonchev–Trinajstić information content (AvgIpc) is 2.67. The van der Waals surface area contributed by atoms with Crippen molar-refractivity contribution in [1.82, 2.24) is 5.32 Å². The van der Waals surface area contributed by atoms with Gasteiger partial charge in [-0.05, 0) is 29.7 Å². The second-order valence-corrected chi connectivity index (χ2v) is 6.97. The van der Waals surface area contributed by atoms with E-state index in [2.05, 4.69) is 29.6 Å². The lowest BCUT2D eigenvalue weighted by Crippen LogP contribution is -2.26. The van der Waals surface area contributed by atoms with Crippen LogP contribution in [0.25, 0.3) is 0 Å². The molecule has 0 spiro atoms. The number of hydrogen-bond donors (Lipinski definition) is 1. The molecular formula is C20H23NO3S. The van der Waals surface area contributed by atoms with E-state index < -0.39 is 0 Å². The number of hydrogen-bond acceptors (Lipinski definition) is 4. The molecule has 0 saturated carbocycles. The van der Waals surface area contributed by atoms with Crippen molar-refractivity contribution >= 4 is 17.7 Å². The summed E-state index contributed by atoms with van der Waals surface area (Å²) in [6, 6.07) is 16.3. The van der Waals surface area contributed by atoms with Crippen molar-refractivity contribution in [2.75, 3.05) is 25.5 Å². The molecule has 0 aromatic heterocycles. The highest BCUT2D eigenvalue weighted by molar-refractivity contribution is 7.98. The molecule has 0 saturated heterocycles. The van der Waals surface area contributed by atoms with Crippen molar-refractivity contribution in [2.45, 2.75) is 18.6 Å². The number of amides is 1. The molecule has 25 heavy (non-hydrogen) atoms. The SMILES string of the molecule is O=C(CCc1ccc2c(c1)OCCO2)NCCSCc1ccccc1. The van der Waals surface area contributed by atoms with E-state index in [-0.39, 0.29) is 5.91 Å². The lowest BCUT2D eigenvalue weighted by atomic mass is 10.1. The molecule has 0 bridgehead atoms. The number of aryl methyl sites for hydroxylation is 1. The maximum absolute atomic E-state index is 12.0. The number of fused-ring (bicyclic) bond motifs is 1. The Morgan fingerprint density at radius 3 is 2.64 bits per heavy atom. The van der Waals surface area contributed by atoms with Gasteiger partial charge in [-0.1, -0.05) is 36.4 Å². The lowest BCUT2D eigenvalue weighted by Gasteiger charge is -2.18. The second-order valence-electron chi connectivity index (χ2n) is 5.87. The summed E-state index contributed by atoms with van der Waals surface area (Å²) in [7, 11) is 0. The Morgan fingerprint density at radius 2 is 1.80 bits per heavy atom. The largest absolute Gasteiger partial charge is 0.486 e. The van der Waals surface area contributed by atoms with Gasteiger partial charge in [0, 0.05) is 24.5 Å². The molecule has 0 fully saturated rings. The zero-order valence-corrected chi connectivity index (χ0v) is 15.0. The number of ether oxygens (including phenoxy) is 2. The standard InChI is InChI=1S/C20H23NO3S/c22-20(21-10-13-25-15-17-4-2-1-3-5-17)9-7-16-6-8-18-19(14-16)24-12-11-23-18/h1-6,8,14H,7,9-13,15H2,(H,21,22). The highest BCUT2D eigenvalue weighted by Gasteiger charge is 2.12. The van der Waals surface area contributed by atoms with Gasteiger partial charge in [-0.3, -0.25) is 4.79 Å². The molecule has 2 aromatic carbocycles. The fraction of sp³-hybridized carbons (Fsp3) is 0.350. The molecule has 0 atom stereocenters. The number of rotatable bonds is 8. The van der Waals surface area contributed by atoms with E-state index in [4.69, 9.17) is 9.47 Å².